The topological polar surface area (TPSA) is 43.4 Å². The molecule has 0 N–H and O–H groups in total. The quantitative estimate of drug-likeness (QED) is 0.622. The molecule has 0 spiro atoms. The zero-order valence-corrected chi connectivity index (χ0v) is 15.3. The van der Waals surface area contributed by atoms with Crippen LogP contribution in [0.25, 0.3) is 0 Å². The number of rotatable bonds is 6. The van der Waals surface area contributed by atoms with E-state index < -0.39 is 9.05 Å². The van der Waals surface area contributed by atoms with E-state index in [1.54, 1.807) is 0 Å². The van der Waals surface area contributed by atoms with Gasteiger partial charge in [0.15, 0.2) is 0 Å². The van der Waals surface area contributed by atoms with Crippen LogP contribution in [0.2, 0.25) is 0 Å². The third-order valence-corrected chi connectivity index (χ3v) is 5.02. The predicted molar refractivity (Wildman–Crippen MR) is 85.3 cm³/mol. The molecular formula is C12H15Br2ClO3S. The van der Waals surface area contributed by atoms with Gasteiger partial charge in [-0.15, -0.1) is 0 Å². The zero-order valence-electron chi connectivity index (χ0n) is 10.6. The summed E-state index contributed by atoms with van der Waals surface area (Å²) in [6, 6.07) is 5.56. The van der Waals surface area contributed by atoms with Crippen LogP contribution in [0.4, 0.5) is 0 Å². The van der Waals surface area contributed by atoms with Crippen LogP contribution < -0.4 is 4.74 Å². The predicted octanol–water partition coefficient (Wildman–Crippen LogP) is 4.43. The van der Waals surface area contributed by atoms with Crippen molar-refractivity contribution < 1.29 is 13.2 Å². The molecule has 19 heavy (non-hydrogen) atoms. The molecule has 0 aliphatic carbocycles. The van der Waals surface area contributed by atoms with Gasteiger partial charge in [-0.25, -0.2) is 8.42 Å². The number of halogens is 3. The Kier molecular flexibility index (Phi) is 6.63. The number of benzene rings is 1. The highest BCUT2D eigenvalue weighted by molar-refractivity contribution is 9.11. The second-order valence-corrected chi connectivity index (χ2v) is 9.19. The Morgan fingerprint density at radius 2 is 1.95 bits per heavy atom. The average Bonchev–Trinajstić information content (AvgIpc) is 2.24. The van der Waals surface area contributed by atoms with Crippen molar-refractivity contribution in [3.63, 3.8) is 0 Å². The minimum absolute atomic E-state index is 0.0830. The highest BCUT2D eigenvalue weighted by Crippen LogP contribution is 2.29. The molecule has 0 saturated heterocycles. The fraction of sp³-hybridized carbons (Fsp3) is 0.500. The molecule has 0 fully saturated rings. The molecule has 108 valence electrons. The van der Waals surface area contributed by atoms with Crippen LogP contribution in [0.5, 0.6) is 5.75 Å². The van der Waals surface area contributed by atoms with Gasteiger partial charge in [-0.2, -0.15) is 0 Å². The van der Waals surface area contributed by atoms with E-state index >= 15 is 0 Å². The molecule has 1 atom stereocenters. The largest absolute Gasteiger partial charge is 0.492 e. The Hall–Kier alpha value is 0.220. The Morgan fingerprint density at radius 3 is 2.42 bits per heavy atom. The summed E-state index contributed by atoms with van der Waals surface area (Å²) in [4.78, 5) is 0. The normalized spacial score (nSPS) is 13.6. The van der Waals surface area contributed by atoms with E-state index in [1.165, 1.54) is 0 Å². The van der Waals surface area contributed by atoms with Crippen molar-refractivity contribution in [3.8, 4) is 5.75 Å². The van der Waals surface area contributed by atoms with Gasteiger partial charge in [0.1, 0.15) is 5.75 Å². The number of hydrogen-bond acceptors (Lipinski definition) is 3. The van der Waals surface area contributed by atoms with Crippen molar-refractivity contribution in [3.05, 3.63) is 27.1 Å². The van der Waals surface area contributed by atoms with Gasteiger partial charge in [0.05, 0.1) is 16.8 Å². The third-order valence-electron chi connectivity index (χ3n) is 2.70. The lowest BCUT2D eigenvalue weighted by Crippen LogP contribution is -2.24. The number of hydrogen-bond donors (Lipinski definition) is 0. The molecule has 1 aromatic carbocycles. The summed E-state index contributed by atoms with van der Waals surface area (Å²) in [6.45, 7) is 4.21. The molecule has 7 heteroatoms. The van der Waals surface area contributed by atoms with E-state index in [2.05, 4.69) is 31.9 Å². The first-order valence-electron chi connectivity index (χ1n) is 5.69. The van der Waals surface area contributed by atoms with Gasteiger partial charge in [0.25, 0.3) is 0 Å². The van der Waals surface area contributed by atoms with Crippen LogP contribution in [0.15, 0.2) is 27.1 Å². The van der Waals surface area contributed by atoms with Crippen LogP contribution in [0.1, 0.15) is 13.8 Å². The molecule has 0 aliphatic rings. The maximum atomic E-state index is 11.2. The standard InChI is InChI=1S/C12H15Br2ClO3S/c1-8(2)9(7-19(15,16)17)6-18-12-4-3-10(13)5-11(12)14/h3-5,8-9H,6-7H2,1-2H3. The van der Waals surface area contributed by atoms with E-state index in [4.69, 9.17) is 15.4 Å². The fourth-order valence-electron chi connectivity index (χ4n) is 1.48. The van der Waals surface area contributed by atoms with Gasteiger partial charge >= 0.3 is 0 Å². The minimum Gasteiger partial charge on any atom is -0.492 e. The SMILES string of the molecule is CC(C)C(COc1ccc(Br)cc1Br)CS(=O)(=O)Cl. The van der Waals surface area contributed by atoms with Gasteiger partial charge < -0.3 is 4.74 Å². The summed E-state index contributed by atoms with van der Waals surface area (Å²) >= 11 is 6.75. The van der Waals surface area contributed by atoms with Crippen molar-refractivity contribution >= 4 is 51.6 Å². The smallest absolute Gasteiger partial charge is 0.233 e. The molecule has 1 rings (SSSR count). The van der Waals surface area contributed by atoms with Crippen LogP contribution >= 0.6 is 42.5 Å². The summed E-state index contributed by atoms with van der Waals surface area (Å²) < 4.78 is 29.8. The molecule has 0 saturated carbocycles. The monoisotopic (exact) mass is 432 g/mol. The summed E-state index contributed by atoms with van der Waals surface area (Å²) in [5, 5.41) is 0. The average molecular weight is 435 g/mol. The summed E-state index contributed by atoms with van der Waals surface area (Å²) in [5.41, 5.74) is 0. The first kappa shape index (κ1) is 17.3. The summed E-state index contributed by atoms with van der Waals surface area (Å²) in [5.74, 6) is 0.627. The molecule has 0 amide bonds. The van der Waals surface area contributed by atoms with Crippen LogP contribution in [0, 0.1) is 11.8 Å². The van der Waals surface area contributed by atoms with Crippen LogP contribution in [-0.2, 0) is 9.05 Å². The Balaban J connectivity index is 2.71. The zero-order chi connectivity index (χ0) is 14.6. The maximum absolute atomic E-state index is 11.2. The van der Waals surface area contributed by atoms with Gasteiger partial charge in [0, 0.05) is 21.1 Å². The van der Waals surface area contributed by atoms with Gasteiger partial charge in [-0.1, -0.05) is 29.8 Å². The van der Waals surface area contributed by atoms with E-state index in [0.29, 0.717) is 12.4 Å². The van der Waals surface area contributed by atoms with Crippen LogP contribution in [-0.4, -0.2) is 20.8 Å². The Labute approximate surface area is 135 Å². The van der Waals surface area contributed by atoms with Crippen molar-refractivity contribution in [2.75, 3.05) is 12.4 Å². The third kappa shape index (κ3) is 6.47. The molecule has 1 aromatic rings. The fourth-order valence-corrected chi connectivity index (χ4v) is 4.12. The first-order valence-corrected chi connectivity index (χ1v) is 9.75. The second kappa shape index (κ2) is 7.29. The van der Waals surface area contributed by atoms with E-state index in [1.807, 2.05) is 32.0 Å². The lowest BCUT2D eigenvalue weighted by Gasteiger charge is -2.20. The molecule has 0 heterocycles. The second-order valence-electron chi connectivity index (χ2n) is 4.60. The molecule has 0 bridgehead atoms. The molecule has 3 nitrogen and oxygen atoms in total. The highest BCUT2D eigenvalue weighted by atomic mass is 79.9. The molecule has 1 unspecified atom stereocenters. The van der Waals surface area contributed by atoms with E-state index in [9.17, 15) is 8.42 Å². The molecule has 0 aliphatic heterocycles. The van der Waals surface area contributed by atoms with Crippen molar-refractivity contribution in [1.82, 2.24) is 0 Å². The lowest BCUT2D eigenvalue weighted by molar-refractivity contribution is 0.224. The van der Waals surface area contributed by atoms with E-state index in [0.717, 1.165) is 8.95 Å². The highest BCUT2D eigenvalue weighted by Gasteiger charge is 2.21. The maximum Gasteiger partial charge on any atom is 0.233 e. The Morgan fingerprint density at radius 1 is 1.32 bits per heavy atom. The van der Waals surface area contributed by atoms with Crippen molar-refractivity contribution in [1.29, 1.82) is 0 Å². The Bertz CT molecular complexity index is 532. The first-order chi connectivity index (χ1) is 8.69. The number of ether oxygens (including phenoxy) is 1. The van der Waals surface area contributed by atoms with Gasteiger partial charge in [-0.05, 0) is 40.0 Å². The van der Waals surface area contributed by atoms with E-state index in [-0.39, 0.29) is 17.6 Å². The summed E-state index contributed by atoms with van der Waals surface area (Å²) in [7, 11) is 1.79. The summed E-state index contributed by atoms with van der Waals surface area (Å²) in [6.07, 6.45) is 0. The van der Waals surface area contributed by atoms with Crippen molar-refractivity contribution in [2.24, 2.45) is 11.8 Å². The lowest BCUT2D eigenvalue weighted by atomic mass is 9.99. The molecule has 0 aromatic heterocycles. The van der Waals surface area contributed by atoms with Gasteiger partial charge in [0.2, 0.25) is 9.05 Å². The molecular weight excluding hydrogens is 419 g/mol. The van der Waals surface area contributed by atoms with Gasteiger partial charge in [-0.3, -0.25) is 0 Å². The minimum atomic E-state index is -3.52. The molecule has 0 radical (unpaired) electrons. The van der Waals surface area contributed by atoms with Crippen LogP contribution in [0.3, 0.4) is 0 Å². The van der Waals surface area contributed by atoms with Crippen molar-refractivity contribution in [2.45, 2.75) is 13.8 Å².